The third kappa shape index (κ3) is 4.76. The Labute approximate surface area is 144 Å². The lowest BCUT2D eigenvalue weighted by Crippen LogP contribution is -2.13. The molecule has 0 saturated carbocycles. The Morgan fingerprint density at radius 2 is 1.65 bits per heavy atom. The van der Waals surface area contributed by atoms with Gasteiger partial charge in [0.1, 0.15) is 0 Å². The Kier molecular flexibility index (Phi) is 6.53. The van der Waals surface area contributed by atoms with Gasteiger partial charge in [-0.25, -0.2) is 0 Å². The molecule has 0 saturated heterocycles. The van der Waals surface area contributed by atoms with Gasteiger partial charge < -0.3 is 5.11 Å². The number of carboxylic acids is 1. The minimum atomic E-state index is -0.844. The normalized spacial score (nSPS) is 11.9. The van der Waals surface area contributed by atoms with Gasteiger partial charge in [0.25, 0.3) is 0 Å². The number of benzene rings is 2. The fourth-order valence-corrected chi connectivity index (χ4v) is 2.93. The van der Waals surface area contributed by atoms with E-state index in [2.05, 4.69) is 15.9 Å². The maximum absolute atomic E-state index is 12.5. The maximum atomic E-state index is 12.5. The number of unbranched alkanes of at least 4 members (excludes halogenated alkanes) is 1. The number of ketones is 1. The van der Waals surface area contributed by atoms with Gasteiger partial charge in [0.05, 0.1) is 5.92 Å². The van der Waals surface area contributed by atoms with E-state index in [1.807, 2.05) is 18.2 Å². The molecule has 0 aromatic heterocycles. The third-order valence-corrected chi connectivity index (χ3v) is 4.32. The molecule has 0 aliphatic rings. The smallest absolute Gasteiger partial charge is 0.310 e. The van der Waals surface area contributed by atoms with Crippen molar-refractivity contribution in [2.24, 2.45) is 0 Å². The first-order valence-corrected chi connectivity index (χ1v) is 8.74. The monoisotopic (exact) mass is 374 g/mol. The van der Waals surface area contributed by atoms with Crippen LogP contribution in [0, 0.1) is 0 Å². The number of halogens is 1. The average Bonchev–Trinajstić information content (AvgIpc) is 2.58. The lowest BCUT2D eigenvalue weighted by molar-refractivity contribution is -0.139. The zero-order chi connectivity index (χ0) is 16.7. The molecule has 1 atom stereocenters. The van der Waals surface area contributed by atoms with Crippen LogP contribution in [0.1, 0.15) is 46.7 Å². The van der Waals surface area contributed by atoms with E-state index >= 15 is 0 Å². The number of alkyl halides is 1. The molecule has 3 nitrogen and oxygen atoms in total. The molecule has 0 bridgehead atoms. The van der Waals surface area contributed by atoms with Crippen LogP contribution >= 0.6 is 15.9 Å². The summed E-state index contributed by atoms with van der Waals surface area (Å²) in [7, 11) is 0. The van der Waals surface area contributed by atoms with Crippen LogP contribution in [0.15, 0.2) is 54.6 Å². The van der Waals surface area contributed by atoms with Crippen molar-refractivity contribution in [2.45, 2.75) is 25.2 Å². The van der Waals surface area contributed by atoms with Crippen molar-refractivity contribution < 1.29 is 14.7 Å². The number of carbonyl (C=O) groups excluding carboxylic acids is 1. The van der Waals surface area contributed by atoms with Crippen LogP contribution in [0.25, 0.3) is 0 Å². The minimum Gasteiger partial charge on any atom is -0.481 e. The first kappa shape index (κ1) is 17.4. The summed E-state index contributed by atoms with van der Waals surface area (Å²) in [5.41, 5.74) is 1.82. The molecule has 2 rings (SSSR count). The van der Waals surface area contributed by atoms with Crippen molar-refractivity contribution in [3.05, 3.63) is 71.3 Å². The van der Waals surface area contributed by atoms with Gasteiger partial charge in [-0.3, -0.25) is 9.59 Å². The molecular weight excluding hydrogens is 356 g/mol. The summed E-state index contributed by atoms with van der Waals surface area (Å²) in [5.74, 6) is -1.50. The number of hydrogen-bond donors (Lipinski definition) is 1. The summed E-state index contributed by atoms with van der Waals surface area (Å²) in [5, 5.41) is 10.3. The number of rotatable bonds is 8. The highest BCUT2D eigenvalue weighted by Crippen LogP contribution is 2.24. The average molecular weight is 375 g/mol. The van der Waals surface area contributed by atoms with E-state index in [1.54, 1.807) is 36.4 Å². The highest BCUT2D eigenvalue weighted by molar-refractivity contribution is 9.09. The molecule has 0 heterocycles. The van der Waals surface area contributed by atoms with Crippen LogP contribution in [0.3, 0.4) is 0 Å². The van der Waals surface area contributed by atoms with Crippen molar-refractivity contribution in [1.29, 1.82) is 0 Å². The standard InChI is InChI=1S/C19H19BrO3/c20-12-5-4-11-17(19(22)23)15-9-6-10-16(13-15)18(21)14-7-2-1-3-8-14/h1-3,6-10,13,17H,4-5,11-12H2,(H,22,23). The maximum Gasteiger partial charge on any atom is 0.310 e. The van der Waals surface area contributed by atoms with Crippen molar-refractivity contribution in [1.82, 2.24) is 0 Å². The minimum absolute atomic E-state index is 0.0861. The molecule has 120 valence electrons. The summed E-state index contributed by atoms with van der Waals surface area (Å²) >= 11 is 3.36. The summed E-state index contributed by atoms with van der Waals surface area (Å²) < 4.78 is 0. The second kappa shape index (κ2) is 8.63. The fourth-order valence-electron chi connectivity index (χ4n) is 2.53. The summed E-state index contributed by atoms with van der Waals surface area (Å²) in [6.07, 6.45) is 2.34. The molecule has 0 radical (unpaired) electrons. The van der Waals surface area contributed by atoms with Crippen LogP contribution in [0.2, 0.25) is 0 Å². The summed E-state index contributed by atoms with van der Waals surface area (Å²) in [4.78, 5) is 24.0. The van der Waals surface area contributed by atoms with Crippen LogP contribution in [0.4, 0.5) is 0 Å². The van der Waals surface area contributed by atoms with E-state index in [0.717, 1.165) is 18.2 Å². The Morgan fingerprint density at radius 1 is 0.957 bits per heavy atom. The fraction of sp³-hybridized carbons (Fsp3) is 0.263. The second-order valence-corrected chi connectivity index (χ2v) is 6.19. The number of aliphatic carboxylic acids is 1. The molecule has 0 aliphatic carbocycles. The predicted molar refractivity (Wildman–Crippen MR) is 94.3 cm³/mol. The zero-order valence-corrected chi connectivity index (χ0v) is 14.3. The van der Waals surface area contributed by atoms with Crippen molar-refractivity contribution in [3.8, 4) is 0 Å². The Hall–Kier alpha value is -1.94. The molecule has 0 aliphatic heterocycles. The highest BCUT2D eigenvalue weighted by atomic mass is 79.9. The van der Waals surface area contributed by atoms with Gasteiger partial charge in [0, 0.05) is 16.5 Å². The van der Waals surface area contributed by atoms with Gasteiger partial charge >= 0.3 is 5.97 Å². The molecule has 2 aromatic carbocycles. The van der Waals surface area contributed by atoms with Crippen LogP contribution in [-0.2, 0) is 4.79 Å². The van der Waals surface area contributed by atoms with Crippen molar-refractivity contribution >= 4 is 27.7 Å². The number of hydrogen-bond acceptors (Lipinski definition) is 2. The SMILES string of the molecule is O=C(c1ccccc1)c1cccc(C(CCCCBr)C(=O)O)c1. The highest BCUT2D eigenvalue weighted by Gasteiger charge is 2.20. The largest absolute Gasteiger partial charge is 0.481 e. The van der Waals surface area contributed by atoms with Gasteiger partial charge in [-0.2, -0.15) is 0 Å². The molecule has 0 spiro atoms. The molecule has 1 N–H and O–H groups in total. The van der Waals surface area contributed by atoms with E-state index < -0.39 is 11.9 Å². The van der Waals surface area contributed by atoms with E-state index in [0.29, 0.717) is 23.1 Å². The first-order chi connectivity index (χ1) is 11.1. The molecule has 4 heteroatoms. The van der Waals surface area contributed by atoms with Gasteiger partial charge in [-0.15, -0.1) is 0 Å². The Balaban J connectivity index is 2.23. The van der Waals surface area contributed by atoms with Crippen molar-refractivity contribution in [2.75, 3.05) is 5.33 Å². The second-order valence-electron chi connectivity index (χ2n) is 5.40. The topological polar surface area (TPSA) is 54.4 Å². The van der Waals surface area contributed by atoms with E-state index in [1.165, 1.54) is 0 Å². The quantitative estimate of drug-likeness (QED) is 0.415. The predicted octanol–water partition coefficient (Wildman–Crippen LogP) is 4.65. The third-order valence-electron chi connectivity index (χ3n) is 3.76. The molecule has 1 unspecified atom stereocenters. The lowest BCUT2D eigenvalue weighted by Gasteiger charge is -2.13. The lowest BCUT2D eigenvalue weighted by atomic mass is 9.91. The summed E-state index contributed by atoms with van der Waals surface area (Å²) in [6.45, 7) is 0. The van der Waals surface area contributed by atoms with Gasteiger partial charge in [0.2, 0.25) is 0 Å². The Bertz CT molecular complexity index is 667. The molecular formula is C19H19BrO3. The van der Waals surface area contributed by atoms with Crippen molar-refractivity contribution in [3.63, 3.8) is 0 Å². The number of carboxylic acid groups (broad SMARTS) is 1. The molecule has 0 amide bonds. The molecule has 23 heavy (non-hydrogen) atoms. The van der Waals surface area contributed by atoms with Crippen LogP contribution < -0.4 is 0 Å². The number of carbonyl (C=O) groups is 2. The molecule has 0 fully saturated rings. The van der Waals surface area contributed by atoms with Crippen LogP contribution in [-0.4, -0.2) is 22.2 Å². The zero-order valence-electron chi connectivity index (χ0n) is 12.7. The van der Waals surface area contributed by atoms with E-state index in [9.17, 15) is 14.7 Å². The van der Waals surface area contributed by atoms with Gasteiger partial charge in [0.15, 0.2) is 5.78 Å². The first-order valence-electron chi connectivity index (χ1n) is 7.62. The summed E-state index contributed by atoms with van der Waals surface area (Å²) in [6, 6.07) is 16.0. The van der Waals surface area contributed by atoms with Gasteiger partial charge in [-0.1, -0.05) is 70.9 Å². The van der Waals surface area contributed by atoms with E-state index in [4.69, 9.17) is 0 Å². The molecule has 2 aromatic rings. The Morgan fingerprint density at radius 3 is 2.30 bits per heavy atom. The van der Waals surface area contributed by atoms with Crippen LogP contribution in [0.5, 0.6) is 0 Å². The van der Waals surface area contributed by atoms with Gasteiger partial charge in [-0.05, 0) is 24.5 Å². The van der Waals surface area contributed by atoms with E-state index in [-0.39, 0.29) is 5.78 Å².